The van der Waals surface area contributed by atoms with Crippen LogP contribution in [0.2, 0.25) is 0 Å². The zero-order valence-electron chi connectivity index (χ0n) is 20.9. The van der Waals surface area contributed by atoms with Crippen molar-refractivity contribution in [2.24, 2.45) is 11.7 Å². The lowest BCUT2D eigenvalue weighted by atomic mass is 9.64. The lowest BCUT2D eigenvalue weighted by Crippen LogP contribution is -3.00. The van der Waals surface area contributed by atoms with E-state index in [0.29, 0.717) is 11.6 Å². The zero-order valence-corrected chi connectivity index (χ0v) is 22.5. The molecule has 1 aliphatic carbocycles. The zero-order chi connectivity index (χ0) is 25.1. The maximum absolute atomic E-state index is 13.4. The fraction of sp³-hybridized carbons (Fsp3) is 0.258. The molecule has 37 heavy (non-hydrogen) atoms. The van der Waals surface area contributed by atoms with Gasteiger partial charge in [0.1, 0.15) is 30.4 Å². The predicted molar refractivity (Wildman–Crippen MR) is 139 cm³/mol. The molecule has 2 unspecified atom stereocenters. The Hall–Kier alpha value is -3.69. The Morgan fingerprint density at radius 2 is 1.59 bits per heavy atom. The van der Waals surface area contributed by atoms with Gasteiger partial charge in [0.05, 0.1) is 11.6 Å². The number of carbonyl (C=O) groups is 1. The van der Waals surface area contributed by atoms with Crippen LogP contribution in [0.5, 0.6) is 0 Å². The first-order chi connectivity index (χ1) is 17.5. The molecule has 0 spiro atoms. The summed E-state index contributed by atoms with van der Waals surface area (Å²) in [6, 6.07) is 30.3. The highest BCUT2D eigenvalue weighted by atomic mass is 79.9. The minimum Gasteiger partial charge on any atom is -1.00 e. The van der Waals surface area contributed by atoms with E-state index in [4.69, 9.17) is 11.0 Å². The summed E-state index contributed by atoms with van der Waals surface area (Å²) >= 11 is 0. The van der Waals surface area contributed by atoms with Gasteiger partial charge in [0.25, 0.3) is 5.82 Å². The van der Waals surface area contributed by atoms with E-state index < -0.39 is 5.41 Å². The number of aromatic nitrogens is 2. The molecule has 2 N–H and O–H groups in total. The first-order valence-corrected chi connectivity index (χ1v) is 12.5. The number of carbonyl (C=O) groups excluding carboxylic acids is 1. The van der Waals surface area contributed by atoms with Crippen molar-refractivity contribution in [3.05, 3.63) is 125 Å². The van der Waals surface area contributed by atoms with E-state index in [9.17, 15) is 4.79 Å². The Labute approximate surface area is 229 Å². The lowest BCUT2D eigenvalue weighted by molar-refractivity contribution is -0.694. The first-order valence-electron chi connectivity index (χ1n) is 12.5. The number of nitrogens with zero attached hydrogens (tertiary/aromatic N) is 3. The molecule has 1 saturated carbocycles. The lowest BCUT2D eigenvalue weighted by Gasteiger charge is -2.37. The molecule has 1 amide bonds. The number of amides is 1. The summed E-state index contributed by atoms with van der Waals surface area (Å²) in [5.41, 5.74) is 9.17. The van der Waals surface area contributed by atoms with Crippen LogP contribution in [0.4, 0.5) is 0 Å². The van der Waals surface area contributed by atoms with Crippen LogP contribution < -0.4 is 27.3 Å². The number of imidazole rings is 1. The molecular formula is C31H31BrN4O. The van der Waals surface area contributed by atoms with Gasteiger partial charge in [0.2, 0.25) is 5.91 Å². The van der Waals surface area contributed by atoms with Crippen LogP contribution in [-0.2, 0) is 16.8 Å². The molecule has 5 nitrogen and oxygen atoms in total. The topological polar surface area (TPSA) is 75.7 Å². The van der Waals surface area contributed by atoms with Crippen LogP contribution in [0, 0.1) is 24.2 Å². The Bertz CT molecular complexity index is 1350. The van der Waals surface area contributed by atoms with Crippen LogP contribution >= 0.6 is 0 Å². The molecule has 1 aliphatic rings. The first kappa shape index (κ1) is 26.4. The van der Waals surface area contributed by atoms with E-state index in [1.807, 2.05) is 84.9 Å². The van der Waals surface area contributed by atoms with Crippen molar-refractivity contribution >= 4 is 5.91 Å². The summed E-state index contributed by atoms with van der Waals surface area (Å²) < 4.78 is 4.59. The van der Waals surface area contributed by atoms with E-state index >= 15 is 0 Å². The second kappa shape index (κ2) is 11.1. The van der Waals surface area contributed by atoms with Gasteiger partial charge < -0.3 is 22.7 Å². The van der Waals surface area contributed by atoms with Gasteiger partial charge in [-0.1, -0.05) is 72.8 Å². The average molecular weight is 556 g/mol. The van der Waals surface area contributed by atoms with Crippen molar-refractivity contribution < 1.29 is 26.3 Å². The highest BCUT2D eigenvalue weighted by Crippen LogP contribution is 2.49. The molecule has 6 heteroatoms. The van der Waals surface area contributed by atoms with Crippen LogP contribution in [0.25, 0.3) is 0 Å². The largest absolute Gasteiger partial charge is 1.00 e. The SMILES string of the molecule is Cc1n(C2CCC(C(C(N)=O)(c3ccccc3)c3ccccc3)C2)cc[n+]1Cc1ccc(C#N)cc1.[Br-]. The summed E-state index contributed by atoms with van der Waals surface area (Å²) in [5.74, 6) is 0.985. The molecule has 188 valence electrons. The number of rotatable bonds is 7. The van der Waals surface area contributed by atoms with Crippen molar-refractivity contribution in [3.63, 3.8) is 0 Å². The second-order valence-electron chi connectivity index (χ2n) is 9.76. The average Bonchev–Trinajstić information content (AvgIpc) is 3.53. The van der Waals surface area contributed by atoms with Gasteiger partial charge >= 0.3 is 0 Å². The summed E-state index contributed by atoms with van der Waals surface area (Å²) in [4.78, 5) is 13.4. The van der Waals surface area contributed by atoms with Crippen LogP contribution in [0.15, 0.2) is 97.3 Å². The van der Waals surface area contributed by atoms with Gasteiger partial charge in [-0.2, -0.15) is 5.26 Å². The highest BCUT2D eigenvalue weighted by molar-refractivity contribution is 5.91. The quantitative estimate of drug-likeness (QED) is 0.354. The van der Waals surface area contributed by atoms with E-state index in [2.05, 4.69) is 34.5 Å². The molecule has 0 radical (unpaired) electrons. The van der Waals surface area contributed by atoms with Crippen molar-refractivity contribution in [1.29, 1.82) is 5.26 Å². The van der Waals surface area contributed by atoms with Gasteiger partial charge in [-0.3, -0.25) is 4.79 Å². The third-order valence-electron chi connectivity index (χ3n) is 7.89. The smallest absolute Gasteiger partial charge is 0.253 e. The molecule has 0 bridgehead atoms. The fourth-order valence-corrected chi connectivity index (χ4v) is 6.08. The van der Waals surface area contributed by atoms with Gasteiger partial charge in [0, 0.05) is 6.92 Å². The molecule has 3 aromatic carbocycles. The van der Waals surface area contributed by atoms with Crippen molar-refractivity contribution in [2.75, 3.05) is 0 Å². The van der Waals surface area contributed by atoms with Gasteiger partial charge in [0.15, 0.2) is 0 Å². The molecule has 4 aromatic rings. The molecule has 1 aromatic heterocycles. The number of hydrogen-bond donors (Lipinski definition) is 1. The summed E-state index contributed by atoms with van der Waals surface area (Å²) in [5, 5.41) is 9.06. The predicted octanol–water partition coefficient (Wildman–Crippen LogP) is 1.82. The number of primary amides is 1. The standard InChI is InChI=1S/C31H30N4O.BrH/c1-23-34(22-25-14-12-24(21-32)13-15-25)18-19-35(23)29-17-16-28(20-29)31(30(33)36,26-8-4-2-5-9-26)27-10-6-3-7-11-27;/h2-15,18-19,28-29H,16-17,20,22H2,1H3,(H-,33,36);1H. The number of hydrogen-bond acceptors (Lipinski definition) is 2. The number of nitriles is 1. The Morgan fingerprint density at radius 1 is 1.00 bits per heavy atom. The molecule has 2 atom stereocenters. The van der Waals surface area contributed by atoms with Crippen LogP contribution in [0.3, 0.4) is 0 Å². The molecule has 0 aliphatic heterocycles. The van der Waals surface area contributed by atoms with Gasteiger partial charge in [-0.15, -0.1) is 0 Å². The monoisotopic (exact) mass is 554 g/mol. The Morgan fingerprint density at radius 3 is 2.14 bits per heavy atom. The van der Waals surface area contributed by atoms with E-state index in [1.54, 1.807) is 0 Å². The normalized spacial score (nSPS) is 17.1. The molecule has 1 heterocycles. The van der Waals surface area contributed by atoms with Crippen LogP contribution in [0.1, 0.15) is 53.4 Å². The molecule has 0 saturated heterocycles. The minimum absolute atomic E-state index is 0. The number of halogens is 1. The number of benzene rings is 3. The van der Waals surface area contributed by atoms with Gasteiger partial charge in [-0.25, -0.2) is 9.13 Å². The van der Waals surface area contributed by atoms with Crippen molar-refractivity contribution in [2.45, 2.75) is 44.2 Å². The summed E-state index contributed by atoms with van der Waals surface area (Å²) in [6.07, 6.45) is 7.06. The molecule has 1 fully saturated rings. The number of nitrogens with two attached hydrogens (primary N) is 1. The maximum atomic E-state index is 13.4. The Kier molecular flexibility index (Phi) is 7.94. The fourth-order valence-electron chi connectivity index (χ4n) is 6.08. The van der Waals surface area contributed by atoms with Crippen LogP contribution in [-0.4, -0.2) is 10.5 Å². The second-order valence-corrected chi connectivity index (χ2v) is 9.76. The van der Waals surface area contributed by atoms with E-state index in [1.165, 1.54) is 5.82 Å². The highest BCUT2D eigenvalue weighted by Gasteiger charge is 2.51. The van der Waals surface area contributed by atoms with E-state index in [-0.39, 0.29) is 28.8 Å². The third kappa shape index (κ3) is 4.84. The van der Waals surface area contributed by atoms with Gasteiger partial charge in [-0.05, 0) is 54.0 Å². The maximum Gasteiger partial charge on any atom is 0.253 e. The molecular weight excluding hydrogens is 524 g/mol. The van der Waals surface area contributed by atoms with Crippen molar-refractivity contribution in [1.82, 2.24) is 4.57 Å². The molecule has 5 rings (SSSR count). The third-order valence-corrected chi connectivity index (χ3v) is 7.89. The minimum atomic E-state index is -0.864. The van der Waals surface area contributed by atoms with E-state index in [0.717, 1.165) is 42.5 Å². The van der Waals surface area contributed by atoms with Crippen molar-refractivity contribution in [3.8, 4) is 6.07 Å². The summed E-state index contributed by atoms with van der Waals surface area (Å²) in [7, 11) is 0. The summed E-state index contributed by atoms with van der Waals surface area (Å²) in [6.45, 7) is 2.90. The Balaban J connectivity index is 0.00000320.